The molecule has 5 nitrogen and oxygen atoms in total. The Balaban J connectivity index is 2.03. The molecule has 0 aliphatic heterocycles. The second kappa shape index (κ2) is 8.89. The summed E-state index contributed by atoms with van der Waals surface area (Å²) in [6.07, 6.45) is 6.28. The van der Waals surface area contributed by atoms with Crippen LogP contribution < -0.4 is 4.74 Å². The van der Waals surface area contributed by atoms with Crippen molar-refractivity contribution in [3.05, 3.63) is 41.5 Å². The summed E-state index contributed by atoms with van der Waals surface area (Å²) in [4.78, 5) is 1.56. The van der Waals surface area contributed by atoms with Gasteiger partial charge >= 0.3 is 0 Å². The highest BCUT2D eigenvalue weighted by atomic mass is 16.5. The van der Waals surface area contributed by atoms with Crippen molar-refractivity contribution in [1.82, 2.24) is 15.0 Å². The molecule has 0 aliphatic carbocycles. The average Bonchev–Trinajstić information content (AvgIpc) is 3.09. The first-order valence-corrected chi connectivity index (χ1v) is 10.0. The highest BCUT2D eigenvalue weighted by molar-refractivity contribution is 5.76. The van der Waals surface area contributed by atoms with Crippen LogP contribution in [0.4, 0.5) is 0 Å². The van der Waals surface area contributed by atoms with Crippen LogP contribution in [0, 0.1) is 0 Å². The number of hydrogen-bond donors (Lipinski definition) is 1. The SMILES string of the molecule is CCCCc1cc(CCCC)c(O)c(-n2nc3ccc(OCC)cc3n2)c1. The monoisotopic (exact) mass is 367 g/mol. The van der Waals surface area contributed by atoms with E-state index in [1.54, 1.807) is 4.80 Å². The molecule has 1 heterocycles. The zero-order valence-electron chi connectivity index (χ0n) is 16.5. The molecule has 0 amide bonds. The Morgan fingerprint density at radius 3 is 2.41 bits per heavy atom. The first kappa shape index (κ1) is 19.2. The van der Waals surface area contributed by atoms with Crippen molar-refractivity contribution in [2.45, 2.75) is 59.3 Å². The number of aryl methyl sites for hydroxylation is 2. The van der Waals surface area contributed by atoms with Crippen molar-refractivity contribution in [3.8, 4) is 17.2 Å². The lowest BCUT2D eigenvalue weighted by Gasteiger charge is -2.12. The molecule has 5 heteroatoms. The van der Waals surface area contributed by atoms with Gasteiger partial charge in [0.05, 0.1) is 6.61 Å². The van der Waals surface area contributed by atoms with Gasteiger partial charge in [0.2, 0.25) is 0 Å². The van der Waals surface area contributed by atoms with E-state index in [1.807, 2.05) is 31.2 Å². The summed E-state index contributed by atoms with van der Waals surface area (Å²) in [6.45, 7) is 6.92. The molecule has 27 heavy (non-hydrogen) atoms. The maximum absolute atomic E-state index is 10.9. The van der Waals surface area contributed by atoms with E-state index >= 15 is 0 Å². The third-order valence-corrected chi connectivity index (χ3v) is 4.73. The second-order valence-electron chi connectivity index (χ2n) is 6.90. The molecule has 2 aromatic carbocycles. The van der Waals surface area contributed by atoms with Crippen molar-refractivity contribution in [3.63, 3.8) is 0 Å². The van der Waals surface area contributed by atoms with E-state index < -0.39 is 0 Å². The zero-order chi connectivity index (χ0) is 19.2. The first-order valence-electron chi connectivity index (χ1n) is 10.0. The van der Waals surface area contributed by atoms with Gasteiger partial charge in [0.25, 0.3) is 0 Å². The molecule has 0 spiro atoms. The number of unbranched alkanes of at least 4 members (excludes halogenated alkanes) is 2. The number of fused-ring (bicyclic) bond motifs is 1. The molecule has 0 bridgehead atoms. The van der Waals surface area contributed by atoms with Crippen LogP contribution in [0.5, 0.6) is 11.5 Å². The molecule has 0 saturated heterocycles. The summed E-state index contributed by atoms with van der Waals surface area (Å²) in [5, 5.41) is 20.0. The van der Waals surface area contributed by atoms with Gasteiger partial charge in [0, 0.05) is 6.07 Å². The van der Waals surface area contributed by atoms with E-state index in [2.05, 4.69) is 30.1 Å². The Hall–Kier alpha value is -2.56. The second-order valence-corrected chi connectivity index (χ2v) is 6.90. The van der Waals surface area contributed by atoms with Gasteiger partial charge in [-0.1, -0.05) is 32.8 Å². The van der Waals surface area contributed by atoms with Gasteiger partial charge in [0.15, 0.2) is 0 Å². The third kappa shape index (κ3) is 4.41. The Bertz CT molecular complexity index is 902. The quantitative estimate of drug-likeness (QED) is 0.564. The summed E-state index contributed by atoms with van der Waals surface area (Å²) in [5.74, 6) is 1.07. The minimum atomic E-state index is 0.286. The van der Waals surface area contributed by atoms with E-state index in [-0.39, 0.29) is 5.75 Å². The fraction of sp³-hybridized carbons (Fsp3) is 0.455. The number of benzene rings is 2. The molecule has 0 fully saturated rings. The van der Waals surface area contributed by atoms with Gasteiger partial charge in [-0.3, -0.25) is 0 Å². The molecule has 0 unspecified atom stereocenters. The summed E-state index contributed by atoms with van der Waals surface area (Å²) in [6, 6.07) is 9.84. The lowest BCUT2D eigenvalue weighted by molar-refractivity contribution is 0.340. The van der Waals surface area contributed by atoms with E-state index in [9.17, 15) is 5.11 Å². The summed E-state index contributed by atoms with van der Waals surface area (Å²) in [7, 11) is 0. The van der Waals surface area contributed by atoms with Crippen LogP contribution in [0.3, 0.4) is 0 Å². The summed E-state index contributed by atoms with van der Waals surface area (Å²) >= 11 is 0. The van der Waals surface area contributed by atoms with Gasteiger partial charge < -0.3 is 9.84 Å². The number of ether oxygens (including phenoxy) is 1. The van der Waals surface area contributed by atoms with Gasteiger partial charge in [0.1, 0.15) is 28.2 Å². The van der Waals surface area contributed by atoms with Crippen molar-refractivity contribution in [2.75, 3.05) is 6.61 Å². The fourth-order valence-electron chi connectivity index (χ4n) is 3.24. The normalized spacial score (nSPS) is 11.2. The highest BCUT2D eigenvalue weighted by Gasteiger charge is 2.15. The molecule has 0 radical (unpaired) electrons. The Labute approximate surface area is 161 Å². The number of nitrogens with zero attached hydrogens (tertiary/aromatic N) is 3. The predicted octanol–water partition coefficient (Wildman–Crippen LogP) is 5.21. The van der Waals surface area contributed by atoms with Crippen LogP contribution in [0.1, 0.15) is 57.6 Å². The van der Waals surface area contributed by atoms with E-state index in [0.29, 0.717) is 12.3 Å². The third-order valence-electron chi connectivity index (χ3n) is 4.73. The Morgan fingerprint density at radius 1 is 0.926 bits per heavy atom. The van der Waals surface area contributed by atoms with Crippen molar-refractivity contribution in [1.29, 1.82) is 0 Å². The Kier molecular flexibility index (Phi) is 6.32. The van der Waals surface area contributed by atoms with Crippen LogP contribution in [0.25, 0.3) is 16.7 Å². The van der Waals surface area contributed by atoms with Gasteiger partial charge in [-0.15, -0.1) is 15.0 Å². The van der Waals surface area contributed by atoms with Crippen LogP contribution in [0.15, 0.2) is 30.3 Å². The number of rotatable bonds is 9. The molecule has 1 aromatic heterocycles. The van der Waals surface area contributed by atoms with Crippen LogP contribution in [0.2, 0.25) is 0 Å². The van der Waals surface area contributed by atoms with Gasteiger partial charge in [-0.2, -0.15) is 0 Å². The van der Waals surface area contributed by atoms with E-state index in [4.69, 9.17) is 4.74 Å². The van der Waals surface area contributed by atoms with E-state index in [0.717, 1.165) is 60.9 Å². The molecule has 3 aromatic rings. The maximum atomic E-state index is 10.9. The fourth-order valence-corrected chi connectivity index (χ4v) is 3.24. The van der Waals surface area contributed by atoms with Crippen molar-refractivity contribution in [2.24, 2.45) is 0 Å². The van der Waals surface area contributed by atoms with Crippen molar-refractivity contribution < 1.29 is 9.84 Å². The number of hydrogen-bond acceptors (Lipinski definition) is 4. The molecule has 0 saturated carbocycles. The summed E-state index contributed by atoms with van der Waals surface area (Å²) < 4.78 is 5.55. The zero-order valence-corrected chi connectivity index (χ0v) is 16.5. The number of aromatic hydroxyl groups is 1. The van der Waals surface area contributed by atoms with Crippen LogP contribution >= 0.6 is 0 Å². The first-order chi connectivity index (χ1) is 13.2. The smallest absolute Gasteiger partial charge is 0.146 e. The number of phenolic OH excluding ortho intramolecular Hbond substituents is 1. The Morgan fingerprint density at radius 2 is 1.67 bits per heavy atom. The van der Waals surface area contributed by atoms with Gasteiger partial charge in [-0.25, -0.2) is 0 Å². The molecule has 3 rings (SSSR count). The average molecular weight is 367 g/mol. The lowest BCUT2D eigenvalue weighted by Crippen LogP contribution is -2.03. The number of aromatic nitrogens is 3. The number of phenols is 1. The van der Waals surface area contributed by atoms with Crippen molar-refractivity contribution >= 4 is 11.0 Å². The van der Waals surface area contributed by atoms with Crippen LogP contribution in [-0.4, -0.2) is 26.7 Å². The van der Waals surface area contributed by atoms with E-state index in [1.165, 1.54) is 5.56 Å². The molecule has 0 aliphatic rings. The topological polar surface area (TPSA) is 60.2 Å². The standard InChI is InChI=1S/C22H29N3O2/c1-4-7-9-16-13-17(10-8-5-2)22(26)21(14-16)25-23-19-12-11-18(27-6-3)15-20(19)24-25/h11-15,26H,4-10H2,1-3H3. The molecule has 1 N–H and O–H groups in total. The van der Waals surface area contributed by atoms with Gasteiger partial charge in [-0.05, 0) is 61.9 Å². The lowest BCUT2D eigenvalue weighted by atomic mass is 10.00. The molecule has 0 atom stereocenters. The highest BCUT2D eigenvalue weighted by Crippen LogP contribution is 2.30. The largest absolute Gasteiger partial charge is 0.505 e. The minimum absolute atomic E-state index is 0.286. The summed E-state index contributed by atoms with van der Waals surface area (Å²) in [5.41, 5.74) is 4.41. The molecular formula is C22H29N3O2. The minimum Gasteiger partial charge on any atom is -0.505 e. The van der Waals surface area contributed by atoms with Crippen LogP contribution in [-0.2, 0) is 12.8 Å². The molecule has 144 valence electrons. The molecular weight excluding hydrogens is 338 g/mol. The maximum Gasteiger partial charge on any atom is 0.146 e. The predicted molar refractivity (Wildman–Crippen MR) is 109 cm³/mol.